The minimum Gasteiger partial charge on any atom is 0 e. The number of carbonyl (C=O) groups excluding carboxylic acids is 14. The normalized spacial score (nSPS) is 13.9. The van der Waals surface area contributed by atoms with Gasteiger partial charge in [-0.3, -0.25) is 28.9 Å². The topological polar surface area (TPSA) is 434 Å². The molecule has 0 radical (unpaired) electrons. The molecule has 0 aliphatic carbocycles. The number of nitrogens with zero attached hydrogens (tertiary/aromatic N) is 8. The molecule has 0 unspecified atom stereocenters. The summed E-state index contributed by atoms with van der Waals surface area (Å²) >= 11 is 2.84. The molecule has 6 rings (SSSR count). The first-order valence-corrected chi connectivity index (χ1v) is 57.2. The zero-order chi connectivity index (χ0) is 93.5. The van der Waals surface area contributed by atoms with Crippen molar-refractivity contribution in [3.63, 3.8) is 0 Å². The minimum absolute atomic E-state index is 0.0279. The first-order valence-electron chi connectivity index (χ1n) is 42.4. The first-order chi connectivity index (χ1) is 57.8. The van der Waals surface area contributed by atoms with Crippen molar-refractivity contribution < 1.29 is 95.5 Å². The van der Waals surface area contributed by atoms with Gasteiger partial charge in [0.05, 0.1) is 23.4 Å². The van der Waals surface area contributed by atoms with E-state index < -0.39 is 142 Å². The summed E-state index contributed by atoms with van der Waals surface area (Å²) in [7, 11) is 0. The van der Waals surface area contributed by atoms with Crippen LogP contribution in [0.2, 0.25) is 13.3 Å². The largest absolute Gasteiger partial charge is 0 e. The van der Waals surface area contributed by atoms with E-state index in [9.17, 15) is 67.1 Å². The Hall–Kier alpha value is -7.71. The Labute approximate surface area is 770 Å². The summed E-state index contributed by atoms with van der Waals surface area (Å²) in [5.41, 5.74) is -2.53. The van der Waals surface area contributed by atoms with E-state index in [1.165, 1.54) is 9.58 Å². The van der Waals surface area contributed by atoms with E-state index in [0.29, 0.717) is 63.0 Å². The van der Waals surface area contributed by atoms with E-state index in [2.05, 4.69) is 105 Å². The Bertz CT molecular complexity index is 4230. The van der Waals surface area contributed by atoms with Gasteiger partial charge in [0, 0.05) is 56.6 Å². The standard InChI is InChI=1S/C37H52IN7O10.C37H52N7O10.3C4H9.I2.Sn/c1-35(2,3)53-28(47)18-17-25(33(51)55-37(7,8)9)41-34(52)40-24(32(50)54-36(4,5)6)16-12-13-19-39-27(46)21-45-26(29(38)42-43-45)20-44-30(48)22-14-10-11-15-23(22)31(44)49;1-35(2,3)52-29(46)18-17-27(33(50)54-37(7,8)9)41-34(51)40-26(32(49)53-36(4,5)6)16-12-13-19-38-28(45)22-44-23(20-39-42-44)21-43-30(47)24-14-10-11-15-25(24)31(43)48;3*1-3-4-2;1-2;/h10-11,14-15,24-25H,12-13,16-21H2,1-9H3,(H,39,46)(H2,40,41,52);10-11,14-15,26-27H,12-13,16-19,21-22H2,1-9H3,(H,38,45)(H2,40,41,51);3*1,3-4H2,2H3;;/t24-,25-;26-,27-;;;;;/m00...../s1. The Balaban J connectivity index is 0.000000519. The summed E-state index contributed by atoms with van der Waals surface area (Å²) in [6.45, 7) is 37.1. The summed E-state index contributed by atoms with van der Waals surface area (Å²) in [4.78, 5) is 186. The molecule has 34 nitrogen and oxygen atoms in total. The molecule has 2 aliphatic rings. The quantitative estimate of drug-likeness (QED) is 0.00599. The second-order valence-corrected chi connectivity index (χ2v) is 50.6. The number of nitrogens with one attached hydrogen (secondary N) is 6. The van der Waals surface area contributed by atoms with Gasteiger partial charge in [0.1, 0.15) is 62.0 Å². The Morgan fingerprint density at radius 2 is 0.677 bits per heavy atom. The Morgan fingerprint density at radius 3 is 0.976 bits per heavy atom. The van der Waals surface area contributed by atoms with Crippen LogP contribution < -0.4 is 35.6 Å². The SMILES string of the molecule is CC(C)(C)OC(=O)CC[C@H](NC(=O)N[C@@H](CCCCNC(=O)Cn1nnc(I)c1CN1C(=O)c2ccccc2C1=O)C(=O)OC(C)(C)C)C(=O)OC(C)(C)C.CCC[CH2][Sn]([CH2]CCC)([CH2]CCC)[c]1nnn(CC(=O)NCCCC[C@H](NC(=O)N[C@@H](CCC(=O)OC(C)(C)C)C(=O)OC(C)(C)C)C(=O)OC(C)(C)C)c1CN1C(=O)c2ccccc2C1=O.II. The van der Waals surface area contributed by atoms with Crippen LogP contribution in [-0.4, -0.2) is 212 Å². The van der Waals surface area contributed by atoms with Gasteiger partial charge >= 0.3 is 291 Å². The van der Waals surface area contributed by atoms with Crippen LogP contribution in [0.3, 0.4) is 0 Å². The predicted molar refractivity (Wildman–Crippen MR) is 492 cm³/mol. The smallest absolute Gasteiger partial charge is 0 e. The molecule has 10 amide bonds. The fourth-order valence-electron chi connectivity index (χ4n) is 13.3. The number of unbranched alkanes of at least 4 members (excludes halogenated alkanes) is 5. The van der Waals surface area contributed by atoms with Gasteiger partial charge < -0.3 is 49.7 Å². The van der Waals surface area contributed by atoms with Gasteiger partial charge in [-0.1, -0.05) is 17.3 Å². The van der Waals surface area contributed by atoms with Gasteiger partial charge in [-0.25, -0.2) is 33.4 Å². The molecule has 2 aromatic heterocycles. The number of rotatable bonds is 42. The van der Waals surface area contributed by atoms with E-state index in [1.54, 1.807) is 178 Å². The van der Waals surface area contributed by atoms with Crippen LogP contribution >= 0.6 is 59.8 Å². The van der Waals surface area contributed by atoms with E-state index in [4.69, 9.17) is 33.5 Å². The third-order valence-electron chi connectivity index (χ3n) is 18.7. The molecule has 4 heterocycles. The monoisotopic (exact) mass is 2180 g/mol. The molecule has 0 spiro atoms. The molecule has 6 N–H and O–H groups in total. The zero-order valence-electron chi connectivity index (χ0n) is 76.0. The van der Waals surface area contributed by atoms with Crippen LogP contribution in [0.4, 0.5) is 9.59 Å². The molecule has 2 aliphatic heterocycles. The predicted octanol–water partition coefficient (Wildman–Crippen LogP) is 12.8. The first kappa shape index (κ1) is 109. The molecule has 2 aromatic carbocycles. The van der Waals surface area contributed by atoms with E-state index in [1.807, 2.05) is 22.6 Å². The van der Waals surface area contributed by atoms with Crippen molar-refractivity contribution in [2.75, 3.05) is 13.1 Å². The molecule has 690 valence electrons. The summed E-state index contributed by atoms with van der Waals surface area (Å²) in [5.74, 6) is -6.35. The van der Waals surface area contributed by atoms with Gasteiger partial charge in [-0.15, -0.1) is 5.10 Å². The molecule has 4 aromatic rings. The summed E-state index contributed by atoms with van der Waals surface area (Å²) < 4.78 is 40.4. The van der Waals surface area contributed by atoms with Crippen LogP contribution in [0.15, 0.2) is 48.5 Å². The minimum atomic E-state index is -3.33. The zero-order valence-corrected chi connectivity index (χ0v) is 85.3. The molecular formula is C86H131I3N14O20Sn. The second-order valence-electron chi connectivity index (χ2n) is 36.6. The number of fused-ring (bicyclic) bond motifs is 2. The number of ether oxygens (including phenoxy) is 6. The number of benzene rings is 2. The van der Waals surface area contributed by atoms with E-state index in [-0.39, 0.29) is 95.5 Å². The summed E-state index contributed by atoms with van der Waals surface area (Å²) in [5, 5.41) is 33.5. The van der Waals surface area contributed by atoms with Gasteiger partial charge in [0.2, 0.25) is 5.91 Å². The van der Waals surface area contributed by atoms with Crippen molar-refractivity contribution in [2.45, 2.75) is 345 Å². The van der Waals surface area contributed by atoms with Crippen LogP contribution in [0.5, 0.6) is 0 Å². The Kier molecular flexibility index (Phi) is 43.9. The molecule has 0 saturated carbocycles. The maximum absolute atomic E-state index is 13.7. The molecule has 4 atom stereocenters. The van der Waals surface area contributed by atoms with Crippen molar-refractivity contribution >= 4 is 165 Å². The fraction of sp³-hybridized carbons (Fsp3) is 0.651. The molecular weight excluding hydrogens is 2050 g/mol. The Morgan fingerprint density at radius 1 is 0.395 bits per heavy atom. The number of aromatic nitrogens is 6. The van der Waals surface area contributed by atoms with E-state index >= 15 is 0 Å². The number of halogens is 3. The van der Waals surface area contributed by atoms with Crippen molar-refractivity contribution in [3.8, 4) is 0 Å². The maximum atomic E-state index is 13.7. The van der Waals surface area contributed by atoms with Crippen LogP contribution in [0.1, 0.15) is 301 Å². The number of amides is 10. The number of imide groups is 2. The van der Waals surface area contributed by atoms with Crippen LogP contribution in [0, 0.1) is 3.70 Å². The number of carbonyl (C=O) groups is 14. The fourth-order valence-corrected chi connectivity index (χ4v) is 29.9. The average Bonchev–Trinajstić information content (AvgIpc) is 1.60. The number of esters is 6. The summed E-state index contributed by atoms with van der Waals surface area (Å²) in [6, 6.07) is 6.99. The van der Waals surface area contributed by atoms with Gasteiger partial charge in [0.25, 0.3) is 11.8 Å². The van der Waals surface area contributed by atoms with Crippen molar-refractivity contribution in [1.29, 1.82) is 0 Å². The third-order valence-corrected chi connectivity index (χ3v) is 34.7. The van der Waals surface area contributed by atoms with E-state index in [0.717, 1.165) is 60.4 Å². The molecule has 124 heavy (non-hydrogen) atoms. The van der Waals surface area contributed by atoms with Gasteiger partial charge in [-0.2, -0.15) is 0 Å². The molecule has 0 saturated heterocycles. The van der Waals surface area contributed by atoms with Crippen molar-refractivity contribution in [1.82, 2.24) is 71.7 Å². The third kappa shape index (κ3) is 37.7. The molecule has 0 fully saturated rings. The number of hydrogen-bond donors (Lipinski definition) is 6. The number of hydrogen-bond acceptors (Lipinski definition) is 24. The van der Waals surface area contributed by atoms with Gasteiger partial charge in [0.15, 0.2) is 0 Å². The van der Waals surface area contributed by atoms with Crippen LogP contribution in [0.25, 0.3) is 0 Å². The van der Waals surface area contributed by atoms with Gasteiger partial charge in [-0.05, 0) is 191 Å². The number of urea groups is 2. The van der Waals surface area contributed by atoms with Crippen LogP contribution in [-0.2, 0) is 93.0 Å². The molecule has 38 heteroatoms. The molecule has 0 bridgehead atoms. The maximum Gasteiger partial charge on any atom is 0 e. The van der Waals surface area contributed by atoms with Crippen molar-refractivity contribution in [3.05, 3.63) is 85.9 Å². The average molecular weight is 2180 g/mol. The van der Waals surface area contributed by atoms with Crippen molar-refractivity contribution in [2.24, 2.45) is 0 Å². The second kappa shape index (κ2) is 50.1. The summed E-state index contributed by atoms with van der Waals surface area (Å²) in [6.07, 6.45) is 7.63.